The van der Waals surface area contributed by atoms with Gasteiger partial charge in [-0.15, -0.1) is 11.3 Å². The average molecular weight is 610 g/mol. The van der Waals surface area contributed by atoms with Crippen LogP contribution in [-0.2, 0) is 20.8 Å². The van der Waals surface area contributed by atoms with Crippen molar-refractivity contribution in [2.45, 2.75) is 70.4 Å². The molecule has 0 radical (unpaired) electrons. The van der Waals surface area contributed by atoms with E-state index in [0.29, 0.717) is 37.5 Å². The molecule has 2 aromatic rings. The summed E-state index contributed by atoms with van der Waals surface area (Å²) in [5, 5.41) is 12.7. The lowest BCUT2D eigenvalue weighted by Crippen LogP contribution is -2.62. The van der Waals surface area contributed by atoms with Gasteiger partial charge in [0.2, 0.25) is 23.5 Å². The van der Waals surface area contributed by atoms with Crippen LogP contribution >= 0.6 is 11.3 Å². The van der Waals surface area contributed by atoms with Gasteiger partial charge in [-0.1, -0.05) is 50.1 Å². The summed E-state index contributed by atoms with van der Waals surface area (Å²) in [5.74, 6) is -1.10. The number of amides is 3. The van der Waals surface area contributed by atoms with E-state index >= 15 is 0 Å². The van der Waals surface area contributed by atoms with Gasteiger partial charge in [-0.25, -0.2) is 4.98 Å². The number of unbranched alkanes of at least 4 members (excludes halogenated alkanes) is 1. The highest BCUT2D eigenvalue weighted by atomic mass is 32.1. The largest absolute Gasteiger partial charge is 0.370 e. The van der Waals surface area contributed by atoms with E-state index in [1.54, 1.807) is 21.4 Å². The molecular formula is C31H43N7O4S. The van der Waals surface area contributed by atoms with E-state index in [1.165, 1.54) is 21.8 Å². The molecule has 2 saturated heterocycles. The summed E-state index contributed by atoms with van der Waals surface area (Å²) in [7, 11) is 0. The number of aromatic nitrogens is 1. The van der Waals surface area contributed by atoms with Crippen molar-refractivity contribution in [3.63, 3.8) is 0 Å². The average Bonchev–Trinajstić information content (AvgIpc) is 3.54. The van der Waals surface area contributed by atoms with Crippen LogP contribution < -0.4 is 11.1 Å². The molecule has 3 unspecified atom stereocenters. The number of carbonyl (C=O) groups excluding carboxylic acids is 4. The molecule has 0 spiro atoms. The van der Waals surface area contributed by atoms with E-state index in [-0.39, 0.29) is 42.6 Å². The highest BCUT2D eigenvalue weighted by molar-refractivity contribution is 7.11. The Bertz CT molecular complexity index is 1260. The molecule has 3 atom stereocenters. The number of likely N-dealkylation sites (tertiary alicyclic amines) is 1. The van der Waals surface area contributed by atoms with Crippen LogP contribution in [0, 0.1) is 11.3 Å². The van der Waals surface area contributed by atoms with Gasteiger partial charge in [-0.05, 0) is 50.0 Å². The topological polar surface area (TPSA) is 153 Å². The van der Waals surface area contributed by atoms with Gasteiger partial charge in [-0.2, -0.15) is 0 Å². The van der Waals surface area contributed by atoms with Crippen molar-refractivity contribution in [3.05, 3.63) is 52.5 Å². The van der Waals surface area contributed by atoms with Crippen LogP contribution in [0.4, 0.5) is 0 Å². The number of nitrogens with one attached hydrogen (secondary N) is 2. The van der Waals surface area contributed by atoms with Crippen molar-refractivity contribution in [3.8, 4) is 0 Å². The van der Waals surface area contributed by atoms with Crippen LogP contribution in [0.25, 0.3) is 0 Å². The standard InChI is InChI=1S/C31H43N7O4S/c1-2-3-13-25-30(42)36(15-7-11-22-9-5-4-6-10-22)21-27(40)38(25)20-26(39)35-24(28(41)29-34-14-17-43-29)18-23-12-8-16-37(19-23)31(32)33/h4-6,9-10,14,17,23-25H,2-3,7-8,11-13,15-16,18-21H2,1H3,(H3,32,33)(H,35,39). The summed E-state index contributed by atoms with van der Waals surface area (Å²) in [6.45, 7) is 3.38. The highest BCUT2D eigenvalue weighted by Crippen LogP contribution is 2.24. The highest BCUT2D eigenvalue weighted by Gasteiger charge is 2.40. The van der Waals surface area contributed by atoms with Crippen molar-refractivity contribution in [1.29, 1.82) is 5.41 Å². The summed E-state index contributed by atoms with van der Waals surface area (Å²) in [4.78, 5) is 62.7. The van der Waals surface area contributed by atoms with Gasteiger partial charge >= 0.3 is 0 Å². The van der Waals surface area contributed by atoms with E-state index in [4.69, 9.17) is 11.1 Å². The molecule has 4 rings (SSSR count). The number of thiazole rings is 1. The number of aryl methyl sites for hydroxylation is 1. The van der Waals surface area contributed by atoms with Crippen molar-refractivity contribution in [1.82, 2.24) is 25.0 Å². The molecule has 4 N–H and O–H groups in total. The number of Topliss-reactive ketones (excluding diaryl/α,β-unsaturated/α-hetero) is 1. The van der Waals surface area contributed by atoms with Crippen molar-refractivity contribution >= 4 is 40.8 Å². The third-order valence-corrected chi connectivity index (χ3v) is 9.01. The monoisotopic (exact) mass is 609 g/mol. The summed E-state index contributed by atoms with van der Waals surface area (Å²) in [6, 6.07) is 8.49. The predicted octanol–water partition coefficient (Wildman–Crippen LogP) is 2.67. The molecule has 2 fully saturated rings. The number of piperidine rings is 1. The molecule has 11 nitrogen and oxygen atoms in total. The number of benzene rings is 1. The van der Waals surface area contributed by atoms with E-state index in [0.717, 1.165) is 38.5 Å². The Balaban J connectivity index is 1.42. The number of carbonyl (C=O) groups is 4. The Morgan fingerprint density at radius 3 is 2.70 bits per heavy atom. The normalized spacial score (nSPS) is 19.8. The number of nitrogens with two attached hydrogens (primary N) is 1. The first kappa shape index (κ1) is 32.1. The summed E-state index contributed by atoms with van der Waals surface area (Å²) in [6.07, 6.45) is 7.24. The molecule has 0 aliphatic carbocycles. The minimum Gasteiger partial charge on any atom is -0.370 e. The third-order valence-electron chi connectivity index (χ3n) is 8.22. The Labute approximate surface area is 257 Å². The molecule has 1 aromatic heterocycles. The Hall–Kier alpha value is -3.80. The van der Waals surface area contributed by atoms with E-state index in [2.05, 4.69) is 10.3 Å². The maximum atomic E-state index is 13.6. The second kappa shape index (κ2) is 15.6. The first-order valence-corrected chi connectivity index (χ1v) is 16.1. The van der Waals surface area contributed by atoms with Crippen molar-refractivity contribution < 1.29 is 19.2 Å². The lowest BCUT2D eigenvalue weighted by molar-refractivity contribution is -0.157. The van der Waals surface area contributed by atoms with Gasteiger partial charge in [0.1, 0.15) is 12.6 Å². The number of guanidine groups is 1. The number of hydrogen-bond acceptors (Lipinski definition) is 7. The molecular weight excluding hydrogens is 566 g/mol. The minimum atomic E-state index is -0.838. The lowest BCUT2D eigenvalue weighted by atomic mass is 9.90. The maximum absolute atomic E-state index is 13.6. The van der Waals surface area contributed by atoms with Gasteiger partial charge in [0.25, 0.3) is 0 Å². The Morgan fingerprint density at radius 2 is 2.00 bits per heavy atom. The lowest BCUT2D eigenvalue weighted by Gasteiger charge is -2.40. The van der Waals surface area contributed by atoms with Crippen molar-refractivity contribution in [2.75, 3.05) is 32.7 Å². The number of hydrogen-bond donors (Lipinski definition) is 3. The van der Waals surface area contributed by atoms with Crippen molar-refractivity contribution in [2.24, 2.45) is 11.7 Å². The number of rotatable bonds is 14. The molecule has 3 amide bonds. The van der Waals surface area contributed by atoms with Gasteiger partial charge in [0.05, 0.1) is 12.6 Å². The Morgan fingerprint density at radius 1 is 1.21 bits per heavy atom. The summed E-state index contributed by atoms with van der Waals surface area (Å²) < 4.78 is 0. The summed E-state index contributed by atoms with van der Waals surface area (Å²) in [5.41, 5.74) is 6.90. The van der Waals surface area contributed by atoms with Gasteiger partial charge < -0.3 is 25.8 Å². The SMILES string of the molecule is CCCCC1C(=O)N(CCCc2ccccc2)CC(=O)N1CC(=O)NC(CC1CCCN(C(=N)N)C1)C(=O)c1nccs1. The van der Waals surface area contributed by atoms with Crippen LogP contribution in [0.1, 0.15) is 67.2 Å². The van der Waals surface area contributed by atoms with Gasteiger partial charge in [0, 0.05) is 31.2 Å². The number of nitrogens with zero attached hydrogens (tertiary/aromatic N) is 4. The Kier molecular flexibility index (Phi) is 11.7. The minimum absolute atomic E-state index is 0.00274. The molecule has 3 heterocycles. The molecule has 232 valence electrons. The fourth-order valence-corrected chi connectivity index (χ4v) is 6.59. The van der Waals surface area contributed by atoms with Gasteiger partial charge in [-0.3, -0.25) is 24.6 Å². The molecule has 12 heteroatoms. The zero-order valence-electron chi connectivity index (χ0n) is 24.9. The smallest absolute Gasteiger partial charge is 0.245 e. The molecule has 1 aromatic carbocycles. The van der Waals surface area contributed by atoms with Crippen LogP contribution in [-0.4, -0.2) is 94.0 Å². The number of ketones is 1. The quantitative estimate of drug-likeness (QED) is 0.169. The molecule has 2 aliphatic heterocycles. The molecule has 0 bridgehead atoms. The summed E-state index contributed by atoms with van der Waals surface area (Å²) >= 11 is 1.21. The maximum Gasteiger partial charge on any atom is 0.245 e. The van der Waals surface area contributed by atoms with E-state index in [1.807, 2.05) is 37.3 Å². The predicted molar refractivity (Wildman–Crippen MR) is 166 cm³/mol. The van der Waals surface area contributed by atoms with Crippen LogP contribution in [0.2, 0.25) is 0 Å². The molecule has 2 aliphatic rings. The van der Waals surface area contributed by atoms with Gasteiger partial charge in [0.15, 0.2) is 11.0 Å². The van der Waals surface area contributed by atoms with Crippen LogP contribution in [0.5, 0.6) is 0 Å². The number of piperazine rings is 1. The zero-order chi connectivity index (χ0) is 30.8. The first-order valence-electron chi connectivity index (χ1n) is 15.2. The van der Waals surface area contributed by atoms with Crippen LogP contribution in [0.15, 0.2) is 41.9 Å². The van der Waals surface area contributed by atoms with E-state index < -0.39 is 18.0 Å². The van der Waals surface area contributed by atoms with E-state index in [9.17, 15) is 19.2 Å². The fraction of sp³-hybridized carbons (Fsp3) is 0.548. The second-order valence-corrected chi connectivity index (χ2v) is 12.3. The fourth-order valence-electron chi connectivity index (χ4n) is 5.96. The molecule has 0 saturated carbocycles. The first-order chi connectivity index (χ1) is 20.8. The zero-order valence-corrected chi connectivity index (χ0v) is 25.7. The second-order valence-electron chi connectivity index (χ2n) is 11.4. The molecule has 43 heavy (non-hydrogen) atoms. The van der Waals surface area contributed by atoms with Crippen LogP contribution in [0.3, 0.4) is 0 Å². The third kappa shape index (κ3) is 8.85.